The quantitative estimate of drug-likeness (QED) is 0.761. The number of nitrogens with zero attached hydrogens (tertiary/aromatic N) is 4. The van der Waals surface area contributed by atoms with E-state index in [2.05, 4.69) is 5.10 Å². The normalized spacial score (nSPS) is 18.3. The maximum Gasteiger partial charge on any atom is 0.272 e. The zero-order chi connectivity index (χ0) is 20.3. The zero-order valence-electron chi connectivity index (χ0n) is 16.1. The standard InChI is InChI=1S/C19H25FN4O3S/c1-3-24-18(9-11-21-24)19(25)23-12-5-7-16(10-13-23)22(2)28(26,27)17-8-4-6-15(20)14-17/h4,6,8-9,11,14,16H,3,5,7,10,12-13H2,1-2H3/t16-/m0/s1. The highest BCUT2D eigenvalue weighted by Gasteiger charge is 2.31. The minimum Gasteiger partial charge on any atom is -0.337 e. The summed E-state index contributed by atoms with van der Waals surface area (Å²) >= 11 is 0. The molecule has 0 N–H and O–H groups in total. The predicted molar refractivity (Wildman–Crippen MR) is 103 cm³/mol. The fraction of sp³-hybridized carbons (Fsp3) is 0.474. The average molecular weight is 408 g/mol. The van der Waals surface area contributed by atoms with Gasteiger partial charge in [0, 0.05) is 38.9 Å². The molecule has 1 aliphatic rings. The molecular formula is C19H25FN4O3S. The fourth-order valence-electron chi connectivity index (χ4n) is 3.56. The van der Waals surface area contributed by atoms with Crippen molar-refractivity contribution >= 4 is 15.9 Å². The summed E-state index contributed by atoms with van der Waals surface area (Å²) < 4.78 is 42.1. The molecule has 1 aliphatic heterocycles. The molecule has 1 atom stereocenters. The van der Waals surface area contributed by atoms with Crippen LogP contribution in [0.1, 0.15) is 36.7 Å². The van der Waals surface area contributed by atoms with Gasteiger partial charge in [0.05, 0.1) is 4.90 Å². The van der Waals surface area contributed by atoms with E-state index in [4.69, 9.17) is 0 Å². The lowest BCUT2D eigenvalue weighted by Crippen LogP contribution is -2.38. The lowest BCUT2D eigenvalue weighted by molar-refractivity contribution is 0.0747. The number of carbonyl (C=O) groups is 1. The second kappa shape index (κ2) is 8.40. The summed E-state index contributed by atoms with van der Waals surface area (Å²) in [7, 11) is -2.27. The second-order valence-corrected chi connectivity index (χ2v) is 8.89. The Morgan fingerprint density at radius 2 is 2.07 bits per heavy atom. The first-order valence-corrected chi connectivity index (χ1v) is 10.8. The summed E-state index contributed by atoms with van der Waals surface area (Å²) in [5, 5.41) is 4.14. The molecule has 0 radical (unpaired) electrons. The Hall–Kier alpha value is -2.26. The smallest absolute Gasteiger partial charge is 0.272 e. The number of amides is 1. The lowest BCUT2D eigenvalue weighted by Gasteiger charge is -2.26. The van der Waals surface area contributed by atoms with Gasteiger partial charge in [-0.25, -0.2) is 12.8 Å². The number of aryl methyl sites for hydroxylation is 1. The maximum atomic E-state index is 13.5. The summed E-state index contributed by atoms with van der Waals surface area (Å²) in [6.07, 6.45) is 3.47. The molecule has 0 unspecified atom stereocenters. The molecule has 28 heavy (non-hydrogen) atoms. The molecule has 2 aromatic rings. The molecule has 2 heterocycles. The Bertz CT molecular complexity index is 944. The summed E-state index contributed by atoms with van der Waals surface area (Å²) in [6, 6.07) is 6.49. The van der Waals surface area contributed by atoms with Crippen molar-refractivity contribution in [2.75, 3.05) is 20.1 Å². The molecule has 0 bridgehead atoms. The van der Waals surface area contributed by atoms with Crippen LogP contribution in [0.3, 0.4) is 0 Å². The van der Waals surface area contributed by atoms with E-state index in [1.807, 2.05) is 6.92 Å². The number of carbonyl (C=O) groups excluding carboxylic acids is 1. The van der Waals surface area contributed by atoms with Crippen molar-refractivity contribution in [3.63, 3.8) is 0 Å². The van der Waals surface area contributed by atoms with Crippen LogP contribution in [0.2, 0.25) is 0 Å². The van der Waals surface area contributed by atoms with Gasteiger partial charge in [0.2, 0.25) is 10.0 Å². The number of benzene rings is 1. The van der Waals surface area contributed by atoms with Gasteiger partial charge in [-0.1, -0.05) is 6.07 Å². The van der Waals surface area contributed by atoms with E-state index >= 15 is 0 Å². The van der Waals surface area contributed by atoms with E-state index in [-0.39, 0.29) is 16.8 Å². The van der Waals surface area contributed by atoms with Crippen LogP contribution in [0.5, 0.6) is 0 Å². The molecule has 0 aliphatic carbocycles. The van der Waals surface area contributed by atoms with Crippen LogP contribution in [0, 0.1) is 5.82 Å². The Balaban J connectivity index is 1.72. The van der Waals surface area contributed by atoms with Crippen molar-refractivity contribution in [1.29, 1.82) is 0 Å². The van der Waals surface area contributed by atoms with Crippen molar-refractivity contribution in [3.8, 4) is 0 Å². The van der Waals surface area contributed by atoms with Gasteiger partial charge in [-0.05, 0) is 50.5 Å². The summed E-state index contributed by atoms with van der Waals surface area (Å²) in [4.78, 5) is 14.5. The number of likely N-dealkylation sites (tertiary alicyclic amines) is 1. The second-order valence-electron chi connectivity index (χ2n) is 6.89. The monoisotopic (exact) mass is 408 g/mol. The van der Waals surface area contributed by atoms with Crippen molar-refractivity contribution in [3.05, 3.63) is 48.0 Å². The number of halogens is 1. The average Bonchev–Trinajstić information content (AvgIpc) is 3.03. The highest BCUT2D eigenvalue weighted by molar-refractivity contribution is 7.89. The van der Waals surface area contributed by atoms with Crippen LogP contribution in [-0.2, 0) is 16.6 Å². The van der Waals surface area contributed by atoms with E-state index in [9.17, 15) is 17.6 Å². The number of sulfonamides is 1. The molecule has 1 saturated heterocycles. The SMILES string of the molecule is CCn1nccc1C(=O)N1CCC[C@H](N(C)S(=O)(=O)c2cccc(F)c2)CC1. The third-order valence-electron chi connectivity index (χ3n) is 5.21. The van der Waals surface area contributed by atoms with E-state index in [1.54, 1.807) is 21.8 Å². The van der Waals surface area contributed by atoms with E-state index in [1.165, 1.54) is 29.6 Å². The Kier molecular flexibility index (Phi) is 6.14. The Morgan fingerprint density at radius 3 is 2.79 bits per heavy atom. The molecule has 9 heteroatoms. The van der Waals surface area contributed by atoms with Gasteiger partial charge in [-0.15, -0.1) is 0 Å². The third-order valence-corrected chi connectivity index (χ3v) is 7.11. The molecular weight excluding hydrogens is 383 g/mol. The lowest BCUT2D eigenvalue weighted by atomic mass is 10.1. The minimum absolute atomic E-state index is 0.0565. The highest BCUT2D eigenvalue weighted by atomic mass is 32.2. The van der Waals surface area contributed by atoms with Crippen molar-refractivity contribution in [2.24, 2.45) is 0 Å². The zero-order valence-corrected chi connectivity index (χ0v) is 16.9. The molecule has 7 nitrogen and oxygen atoms in total. The van der Waals surface area contributed by atoms with Gasteiger partial charge in [0.1, 0.15) is 11.5 Å². The molecule has 152 valence electrons. The first-order valence-electron chi connectivity index (χ1n) is 9.39. The van der Waals surface area contributed by atoms with E-state index in [0.717, 1.165) is 6.07 Å². The number of rotatable bonds is 5. The highest BCUT2D eigenvalue weighted by Crippen LogP contribution is 2.24. The molecule has 1 aromatic heterocycles. The third kappa shape index (κ3) is 4.10. The summed E-state index contributed by atoms with van der Waals surface area (Å²) in [6.45, 7) is 3.56. The van der Waals surface area contributed by atoms with Crippen LogP contribution < -0.4 is 0 Å². The van der Waals surface area contributed by atoms with Gasteiger partial charge >= 0.3 is 0 Å². The summed E-state index contributed by atoms with van der Waals surface area (Å²) in [5.41, 5.74) is 0.543. The van der Waals surface area contributed by atoms with Crippen LogP contribution >= 0.6 is 0 Å². The van der Waals surface area contributed by atoms with Crippen LogP contribution in [0.25, 0.3) is 0 Å². The molecule has 0 saturated carbocycles. The molecule has 1 amide bonds. The van der Waals surface area contributed by atoms with E-state index < -0.39 is 15.8 Å². The topological polar surface area (TPSA) is 75.5 Å². The van der Waals surface area contributed by atoms with Gasteiger partial charge in [-0.3, -0.25) is 9.48 Å². The number of hydrogen-bond donors (Lipinski definition) is 0. The molecule has 1 fully saturated rings. The molecule has 1 aromatic carbocycles. The maximum absolute atomic E-state index is 13.5. The number of aromatic nitrogens is 2. The fourth-order valence-corrected chi connectivity index (χ4v) is 5.01. The van der Waals surface area contributed by atoms with Gasteiger partial charge < -0.3 is 4.90 Å². The first-order chi connectivity index (χ1) is 13.3. The number of hydrogen-bond acceptors (Lipinski definition) is 4. The van der Waals surface area contributed by atoms with Crippen LogP contribution in [0.15, 0.2) is 41.4 Å². The first kappa shape index (κ1) is 20.5. The van der Waals surface area contributed by atoms with Crippen molar-refractivity contribution in [1.82, 2.24) is 19.0 Å². The van der Waals surface area contributed by atoms with Crippen LogP contribution in [0.4, 0.5) is 4.39 Å². The van der Waals surface area contributed by atoms with Crippen molar-refractivity contribution < 1.29 is 17.6 Å². The minimum atomic E-state index is -3.79. The Labute approximate surface area is 164 Å². The van der Waals surface area contributed by atoms with Gasteiger partial charge in [0.25, 0.3) is 5.91 Å². The molecule has 0 spiro atoms. The van der Waals surface area contributed by atoms with E-state index in [0.29, 0.717) is 44.6 Å². The van der Waals surface area contributed by atoms with Crippen LogP contribution in [-0.4, -0.2) is 59.5 Å². The Morgan fingerprint density at radius 1 is 1.29 bits per heavy atom. The largest absolute Gasteiger partial charge is 0.337 e. The van der Waals surface area contributed by atoms with Crippen molar-refractivity contribution in [2.45, 2.75) is 43.7 Å². The molecule has 3 rings (SSSR count). The summed E-state index contributed by atoms with van der Waals surface area (Å²) in [5.74, 6) is -0.671. The van der Waals surface area contributed by atoms with Gasteiger partial charge in [0.15, 0.2) is 0 Å². The predicted octanol–water partition coefficient (Wildman–Crippen LogP) is 2.36. The van der Waals surface area contributed by atoms with Gasteiger partial charge in [-0.2, -0.15) is 9.40 Å².